The van der Waals surface area contributed by atoms with Crippen LogP contribution < -0.4 is 11.1 Å². The van der Waals surface area contributed by atoms with Gasteiger partial charge in [-0.25, -0.2) is 4.98 Å². The molecule has 0 fully saturated rings. The summed E-state index contributed by atoms with van der Waals surface area (Å²) in [7, 11) is 0. The van der Waals surface area contributed by atoms with Crippen LogP contribution in [0.2, 0.25) is 5.15 Å². The Morgan fingerprint density at radius 3 is 2.90 bits per heavy atom. The topological polar surface area (TPSA) is 98.7 Å². The Balaban J connectivity index is 2.04. The van der Waals surface area contributed by atoms with E-state index in [1.807, 2.05) is 0 Å². The van der Waals surface area contributed by atoms with Gasteiger partial charge in [0.15, 0.2) is 11.0 Å². The van der Waals surface area contributed by atoms with Crippen LogP contribution in [0.15, 0.2) is 18.5 Å². The van der Waals surface area contributed by atoms with Gasteiger partial charge in [0, 0.05) is 25.4 Å². The van der Waals surface area contributed by atoms with E-state index in [0.717, 1.165) is 4.57 Å². The van der Waals surface area contributed by atoms with Gasteiger partial charge in [-0.2, -0.15) is 8.78 Å². The molecule has 0 aliphatic rings. The Bertz CT molecular complexity index is 647. The monoisotopic (exact) mass is 316 g/mol. The van der Waals surface area contributed by atoms with Crippen molar-refractivity contribution >= 4 is 23.3 Å². The lowest BCUT2D eigenvalue weighted by molar-refractivity contribution is 0.0671. The number of halogens is 3. The second-order valence-corrected chi connectivity index (χ2v) is 4.39. The molecule has 21 heavy (non-hydrogen) atoms. The van der Waals surface area contributed by atoms with E-state index in [4.69, 9.17) is 17.3 Å². The molecule has 112 valence electrons. The zero-order chi connectivity index (χ0) is 15.4. The number of nitrogens with zero attached hydrogens (tertiary/aromatic N) is 4. The average molecular weight is 317 g/mol. The smallest absolute Gasteiger partial charge is 0.319 e. The summed E-state index contributed by atoms with van der Waals surface area (Å²) >= 11 is 5.63. The van der Waals surface area contributed by atoms with Crippen LogP contribution in [0.5, 0.6) is 0 Å². The third-order valence-corrected chi connectivity index (χ3v) is 2.81. The summed E-state index contributed by atoms with van der Waals surface area (Å²) < 4.78 is 26.0. The van der Waals surface area contributed by atoms with E-state index in [1.54, 1.807) is 0 Å². The van der Waals surface area contributed by atoms with Gasteiger partial charge in [0.1, 0.15) is 5.82 Å². The Morgan fingerprint density at radius 2 is 2.24 bits per heavy atom. The molecule has 0 unspecified atom stereocenters. The second kappa shape index (κ2) is 6.44. The number of alkyl halides is 2. The fourth-order valence-corrected chi connectivity index (χ4v) is 1.84. The fraction of sp³-hybridized carbons (Fsp3) is 0.273. The molecular weight excluding hydrogens is 306 g/mol. The van der Waals surface area contributed by atoms with Gasteiger partial charge >= 0.3 is 6.55 Å². The highest BCUT2D eigenvalue weighted by Gasteiger charge is 2.13. The van der Waals surface area contributed by atoms with Crippen LogP contribution in [0.3, 0.4) is 0 Å². The third-order valence-electron chi connectivity index (χ3n) is 2.63. The molecule has 2 aromatic rings. The highest BCUT2D eigenvalue weighted by Crippen LogP contribution is 2.16. The molecule has 2 aromatic heterocycles. The first-order valence-corrected chi connectivity index (χ1v) is 6.23. The van der Waals surface area contributed by atoms with E-state index in [-0.39, 0.29) is 35.3 Å². The first-order chi connectivity index (χ1) is 9.99. The van der Waals surface area contributed by atoms with E-state index in [0.29, 0.717) is 0 Å². The van der Waals surface area contributed by atoms with Crippen molar-refractivity contribution in [2.24, 2.45) is 5.73 Å². The lowest BCUT2D eigenvalue weighted by Crippen LogP contribution is -2.18. The summed E-state index contributed by atoms with van der Waals surface area (Å²) in [6.07, 6.45) is 2.69. The molecule has 0 aromatic carbocycles. The fourth-order valence-electron chi connectivity index (χ4n) is 1.69. The zero-order valence-electron chi connectivity index (χ0n) is 10.6. The minimum atomic E-state index is -2.65. The molecule has 10 heteroatoms. The van der Waals surface area contributed by atoms with E-state index >= 15 is 0 Å². The molecule has 0 spiro atoms. The van der Waals surface area contributed by atoms with Crippen molar-refractivity contribution in [3.63, 3.8) is 0 Å². The predicted octanol–water partition coefficient (Wildman–Crippen LogP) is 1.48. The van der Waals surface area contributed by atoms with Gasteiger partial charge in [-0.3, -0.25) is 9.36 Å². The number of hydrogen-bond acceptors (Lipinski definition) is 5. The van der Waals surface area contributed by atoms with Crippen LogP contribution in [-0.2, 0) is 6.42 Å². The van der Waals surface area contributed by atoms with Crippen LogP contribution in [0.25, 0.3) is 0 Å². The highest BCUT2D eigenvalue weighted by atomic mass is 35.5. The third kappa shape index (κ3) is 3.63. The van der Waals surface area contributed by atoms with Gasteiger partial charge in [-0.1, -0.05) is 11.6 Å². The first kappa shape index (κ1) is 15.1. The summed E-state index contributed by atoms with van der Waals surface area (Å²) in [5, 5.41) is 10.1. The number of anilines is 1. The minimum Gasteiger partial charge on any atom is -0.367 e. The minimum absolute atomic E-state index is 0.0302. The number of carbonyl (C=O) groups excluding carboxylic acids is 1. The Morgan fingerprint density at radius 1 is 1.48 bits per heavy atom. The molecule has 0 saturated carbocycles. The Labute approximate surface area is 123 Å². The molecule has 7 nitrogen and oxygen atoms in total. The lowest BCUT2D eigenvalue weighted by Gasteiger charge is -2.09. The molecule has 0 atom stereocenters. The van der Waals surface area contributed by atoms with Crippen molar-refractivity contribution < 1.29 is 13.6 Å². The molecule has 0 bridgehead atoms. The van der Waals surface area contributed by atoms with Crippen LogP contribution in [-0.4, -0.2) is 32.2 Å². The van der Waals surface area contributed by atoms with Gasteiger partial charge in [0.2, 0.25) is 0 Å². The number of carbonyl (C=O) groups is 1. The van der Waals surface area contributed by atoms with Crippen LogP contribution in [0.4, 0.5) is 14.6 Å². The van der Waals surface area contributed by atoms with Crippen molar-refractivity contribution in [3.8, 4) is 0 Å². The number of imidazole rings is 1. The van der Waals surface area contributed by atoms with Crippen molar-refractivity contribution in [2.75, 3.05) is 11.9 Å². The number of amides is 1. The molecule has 2 heterocycles. The SMILES string of the molecule is NC(=O)c1cc(Cl)nnc1NCCc1nccn1C(F)F. The second-order valence-electron chi connectivity index (χ2n) is 4.00. The average Bonchev–Trinajstić information content (AvgIpc) is 2.88. The maximum absolute atomic E-state index is 12.6. The van der Waals surface area contributed by atoms with Crippen LogP contribution in [0, 0.1) is 0 Å². The molecule has 0 radical (unpaired) electrons. The first-order valence-electron chi connectivity index (χ1n) is 5.86. The van der Waals surface area contributed by atoms with Crippen LogP contribution in [0.1, 0.15) is 22.7 Å². The summed E-state index contributed by atoms with van der Waals surface area (Å²) in [5.41, 5.74) is 5.27. The molecule has 2 rings (SSSR count). The van der Waals surface area contributed by atoms with Gasteiger partial charge < -0.3 is 11.1 Å². The number of nitrogens with one attached hydrogen (secondary N) is 1. The van der Waals surface area contributed by atoms with E-state index in [9.17, 15) is 13.6 Å². The van der Waals surface area contributed by atoms with Crippen molar-refractivity contribution in [3.05, 3.63) is 35.0 Å². The standard InChI is InChI=1S/C11H11ClF2N6O/c12-7-5-6(9(15)21)10(19-18-7)17-2-1-8-16-3-4-20(8)11(13)14/h3-5,11H,1-2H2,(H2,15,21)(H,17,19). The maximum atomic E-state index is 12.6. The number of rotatable bonds is 6. The molecule has 1 amide bonds. The van der Waals surface area contributed by atoms with Crippen molar-refractivity contribution in [1.82, 2.24) is 19.7 Å². The molecule has 0 aliphatic carbocycles. The molecule has 0 saturated heterocycles. The van der Waals surface area contributed by atoms with E-state index < -0.39 is 12.5 Å². The number of hydrogen-bond donors (Lipinski definition) is 2. The molecular formula is C11H11ClF2N6O. The maximum Gasteiger partial charge on any atom is 0.319 e. The summed E-state index contributed by atoms with van der Waals surface area (Å²) in [6, 6.07) is 1.28. The summed E-state index contributed by atoms with van der Waals surface area (Å²) in [6.45, 7) is -2.43. The quantitative estimate of drug-likeness (QED) is 0.841. The van der Waals surface area contributed by atoms with Gasteiger partial charge in [-0.05, 0) is 6.07 Å². The molecule has 0 aliphatic heterocycles. The number of aromatic nitrogens is 4. The highest BCUT2D eigenvalue weighted by molar-refractivity contribution is 6.29. The number of primary amides is 1. The normalized spacial score (nSPS) is 10.9. The van der Waals surface area contributed by atoms with E-state index in [2.05, 4.69) is 20.5 Å². The summed E-state index contributed by atoms with van der Waals surface area (Å²) in [5.74, 6) is -0.370. The largest absolute Gasteiger partial charge is 0.367 e. The van der Waals surface area contributed by atoms with Crippen molar-refractivity contribution in [1.29, 1.82) is 0 Å². The zero-order valence-corrected chi connectivity index (χ0v) is 11.4. The Kier molecular flexibility index (Phi) is 4.63. The van der Waals surface area contributed by atoms with E-state index in [1.165, 1.54) is 18.5 Å². The van der Waals surface area contributed by atoms with Crippen molar-refractivity contribution in [2.45, 2.75) is 13.0 Å². The van der Waals surface area contributed by atoms with Gasteiger partial charge in [0.25, 0.3) is 5.91 Å². The van der Waals surface area contributed by atoms with Gasteiger partial charge in [-0.15, -0.1) is 10.2 Å². The van der Waals surface area contributed by atoms with Gasteiger partial charge in [0.05, 0.1) is 5.56 Å². The number of nitrogens with two attached hydrogens (primary N) is 1. The lowest BCUT2D eigenvalue weighted by atomic mass is 10.2. The van der Waals surface area contributed by atoms with Crippen LogP contribution >= 0.6 is 11.6 Å². The predicted molar refractivity (Wildman–Crippen MR) is 71.2 cm³/mol. The summed E-state index contributed by atoms with van der Waals surface area (Å²) in [4.78, 5) is 15.1. The Hall–Kier alpha value is -2.29. The molecule has 3 N–H and O–H groups in total.